The van der Waals surface area contributed by atoms with Crippen LogP contribution in [0.4, 0.5) is 0 Å². The highest BCUT2D eigenvalue weighted by Gasteiger charge is 2.10. The molecule has 0 aliphatic carbocycles. The highest BCUT2D eigenvalue weighted by molar-refractivity contribution is 6.34. The van der Waals surface area contributed by atoms with Crippen LogP contribution in [0.1, 0.15) is 11.3 Å². The number of nitrogens with one attached hydrogen (secondary N) is 1. The molecule has 0 radical (unpaired) electrons. The summed E-state index contributed by atoms with van der Waals surface area (Å²) in [6, 6.07) is 12.8. The average Bonchev–Trinajstić information content (AvgIpc) is 2.87. The monoisotopic (exact) mass is 389 g/mol. The predicted molar refractivity (Wildman–Crippen MR) is 105 cm³/mol. The molecule has 2 aromatic carbocycles. The van der Waals surface area contributed by atoms with Crippen molar-refractivity contribution >= 4 is 46.2 Å². The number of carbonyl (C=O) groups excluding carboxylic acids is 1. The largest absolute Gasteiger partial charge is 0.482 e. The number of benzene rings is 2. The third-order valence-corrected chi connectivity index (χ3v) is 4.63. The van der Waals surface area contributed by atoms with Gasteiger partial charge in [-0.05, 0) is 25.1 Å². The van der Waals surface area contributed by atoms with E-state index in [1.807, 2.05) is 38.2 Å². The molecule has 0 saturated carbocycles. The fourth-order valence-electron chi connectivity index (χ4n) is 2.65. The first-order valence-electron chi connectivity index (χ1n) is 7.91. The molecular weight excluding hydrogens is 373 g/mol. The molecular formula is C19H17Cl2N3O2. The molecule has 5 nitrogen and oxygen atoms in total. The summed E-state index contributed by atoms with van der Waals surface area (Å²) in [6.45, 7) is 1.79. The molecule has 3 rings (SSSR count). The number of fused-ring (bicyclic) bond motifs is 1. The van der Waals surface area contributed by atoms with Gasteiger partial charge in [-0.3, -0.25) is 4.79 Å². The van der Waals surface area contributed by atoms with E-state index in [4.69, 9.17) is 27.9 Å². The van der Waals surface area contributed by atoms with Gasteiger partial charge in [-0.15, -0.1) is 0 Å². The van der Waals surface area contributed by atoms with Crippen LogP contribution in [0.3, 0.4) is 0 Å². The van der Waals surface area contributed by atoms with Crippen molar-refractivity contribution in [2.24, 2.45) is 12.1 Å². The maximum atomic E-state index is 11.9. The summed E-state index contributed by atoms with van der Waals surface area (Å²) in [5.41, 5.74) is 5.59. The molecule has 7 heteroatoms. The molecule has 3 aromatic rings. The van der Waals surface area contributed by atoms with E-state index in [0.717, 1.165) is 22.2 Å². The minimum absolute atomic E-state index is 0.216. The van der Waals surface area contributed by atoms with Crippen LogP contribution < -0.4 is 10.2 Å². The maximum absolute atomic E-state index is 11.9. The number of amides is 1. The Hall–Kier alpha value is -2.50. The number of rotatable bonds is 5. The van der Waals surface area contributed by atoms with Crippen molar-refractivity contribution < 1.29 is 9.53 Å². The number of para-hydroxylation sites is 1. The Labute approximate surface area is 161 Å². The minimum Gasteiger partial charge on any atom is -0.482 e. The fraction of sp³-hybridized carbons (Fsp3) is 0.158. The Morgan fingerprint density at radius 3 is 2.85 bits per heavy atom. The van der Waals surface area contributed by atoms with Gasteiger partial charge in [0.1, 0.15) is 5.75 Å². The normalized spacial score (nSPS) is 11.2. The zero-order valence-electron chi connectivity index (χ0n) is 14.3. The molecule has 0 fully saturated rings. The van der Waals surface area contributed by atoms with Gasteiger partial charge in [0, 0.05) is 40.3 Å². The van der Waals surface area contributed by atoms with Gasteiger partial charge in [0.05, 0.1) is 11.2 Å². The molecule has 26 heavy (non-hydrogen) atoms. The number of aromatic nitrogens is 1. The molecule has 0 unspecified atom stereocenters. The minimum atomic E-state index is -0.393. The first-order valence-corrected chi connectivity index (χ1v) is 8.66. The molecule has 134 valence electrons. The van der Waals surface area contributed by atoms with Gasteiger partial charge >= 0.3 is 0 Å². The number of nitrogens with zero attached hydrogens (tertiary/aromatic N) is 2. The number of hydrogen-bond acceptors (Lipinski definition) is 3. The van der Waals surface area contributed by atoms with Crippen LogP contribution in [0.5, 0.6) is 5.75 Å². The highest BCUT2D eigenvalue weighted by Crippen LogP contribution is 2.27. The van der Waals surface area contributed by atoms with E-state index >= 15 is 0 Å². The van der Waals surface area contributed by atoms with Crippen LogP contribution in [-0.2, 0) is 11.8 Å². The lowest BCUT2D eigenvalue weighted by Crippen LogP contribution is -2.24. The quantitative estimate of drug-likeness (QED) is 0.521. The number of hydrazone groups is 1. The smallest absolute Gasteiger partial charge is 0.277 e. The van der Waals surface area contributed by atoms with Gasteiger partial charge in [-0.25, -0.2) is 5.43 Å². The molecule has 0 spiro atoms. The highest BCUT2D eigenvalue weighted by atomic mass is 35.5. The molecule has 0 saturated heterocycles. The van der Waals surface area contributed by atoms with Gasteiger partial charge in [0.25, 0.3) is 5.91 Å². The number of halogens is 2. The molecule has 1 aromatic heterocycles. The summed E-state index contributed by atoms with van der Waals surface area (Å²) in [5.74, 6) is -0.0432. The lowest BCUT2D eigenvalue weighted by Gasteiger charge is -2.07. The van der Waals surface area contributed by atoms with Crippen molar-refractivity contribution in [1.82, 2.24) is 9.99 Å². The number of ether oxygens (including phenoxy) is 1. The molecule has 1 heterocycles. The Morgan fingerprint density at radius 2 is 2.04 bits per heavy atom. The second-order valence-corrected chi connectivity index (χ2v) is 6.58. The van der Waals surface area contributed by atoms with Crippen molar-refractivity contribution in [3.63, 3.8) is 0 Å². The average molecular weight is 390 g/mol. The second kappa shape index (κ2) is 7.81. The van der Waals surface area contributed by atoms with Crippen molar-refractivity contribution in [3.05, 3.63) is 63.8 Å². The fourth-order valence-corrected chi connectivity index (χ4v) is 2.98. The third kappa shape index (κ3) is 3.84. The van der Waals surface area contributed by atoms with Crippen LogP contribution in [-0.4, -0.2) is 23.3 Å². The van der Waals surface area contributed by atoms with Crippen LogP contribution in [0.2, 0.25) is 10.0 Å². The van der Waals surface area contributed by atoms with Gasteiger partial charge in [0.15, 0.2) is 6.61 Å². The van der Waals surface area contributed by atoms with E-state index in [2.05, 4.69) is 15.1 Å². The maximum Gasteiger partial charge on any atom is 0.277 e. The van der Waals surface area contributed by atoms with Crippen LogP contribution >= 0.6 is 23.2 Å². The molecule has 0 atom stereocenters. The van der Waals surface area contributed by atoms with Crippen molar-refractivity contribution in [1.29, 1.82) is 0 Å². The van der Waals surface area contributed by atoms with E-state index in [-0.39, 0.29) is 6.61 Å². The van der Waals surface area contributed by atoms with Crippen LogP contribution in [0.25, 0.3) is 10.9 Å². The third-order valence-electron chi connectivity index (χ3n) is 4.08. The van der Waals surface area contributed by atoms with E-state index in [1.165, 1.54) is 0 Å². The van der Waals surface area contributed by atoms with Gasteiger partial charge in [-0.2, -0.15) is 5.10 Å². The van der Waals surface area contributed by atoms with E-state index in [9.17, 15) is 4.79 Å². The lowest BCUT2D eigenvalue weighted by molar-refractivity contribution is -0.123. The number of aryl methyl sites for hydroxylation is 1. The second-order valence-electron chi connectivity index (χ2n) is 5.73. The first kappa shape index (κ1) is 18.3. The van der Waals surface area contributed by atoms with Gasteiger partial charge in [-0.1, -0.05) is 41.4 Å². The van der Waals surface area contributed by atoms with Gasteiger partial charge < -0.3 is 9.30 Å². The summed E-state index contributed by atoms with van der Waals surface area (Å²) in [7, 11) is 2.00. The summed E-state index contributed by atoms with van der Waals surface area (Å²) >= 11 is 11.9. The Kier molecular flexibility index (Phi) is 5.49. The van der Waals surface area contributed by atoms with Crippen molar-refractivity contribution in [2.75, 3.05) is 6.61 Å². The molecule has 0 aliphatic rings. The molecule has 1 N–H and O–H groups in total. The number of hydrogen-bond donors (Lipinski definition) is 1. The topological polar surface area (TPSA) is 55.6 Å². The predicted octanol–water partition coefficient (Wildman–Crippen LogP) is 4.32. The molecule has 0 aliphatic heterocycles. The zero-order valence-corrected chi connectivity index (χ0v) is 15.8. The van der Waals surface area contributed by atoms with E-state index < -0.39 is 5.91 Å². The summed E-state index contributed by atoms with van der Waals surface area (Å²) in [4.78, 5) is 11.9. The van der Waals surface area contributed by atoms with Crippen molar-refractivity contribution in [2.45, 2.75) is 6.92 Å². The summed E-state index contributed by atoms with van der Waals surface area (Å²) in [5, 5.41) is 5.98. The SMILES string of the molecule is Cc1c(/C=N\NC(=O)COc2cc(Cl)ccc2Cl)c2ccccc2n1C. The van der Waals surface area contributed by atoms with Crippen molar-refractivity contribution in [3.8, 4) is 5.75 Å². The summed E-state index contributed by atoms with van der Waals surface area (Å²) < 4.78 is 7.46. The Bertz CT molecular complexity index is 996. The van der Waals surface area contributed by atoms with E-state index in [1.54, 1.807) is 24.4 Å². The summed E-state index contributed by atoms with van der Waals surface area (Å²) in [6.07, 6.45) is 1.64. The molecule has 0 bridgehead atoms. The number of carbonyl (C=O) groups is 1. The first-order chi connectivity index (χ1) is 12.5. The zero-order chi connectivity index (χ0) is 18.7. The standard InChI is InChI=1S/C19H17Cl2N3O2/c1-12-15(14-5-3-4-6-17(14)24(12)2)10-22-23-19(25)11-26-18-9-13(20)7-8-16(18)21/h3-10H,11H2,1-2H3,(H,23,25)/b22-10-. The lowest BCUT2D eigenvalue weighted by atomic mass is 10.1. The molecule has 1 amide bonds. The van der Waals surface area contributed by atoms with Crippen LogP contribution in [0.15, 0.2) is 47.6 Å². The van der Waals surface area contributed by atoms with Crippen LogP contribution in [0, 0.1) is 6.92 Å². The Balaban J connectivity index is 1.65. The van der Waals surface area contributed by atoms with Gasteiger partial charge in [0.2, 0.25) is 0 Å². The Morgan fingerprint density at radius 1 is 1.27 bits per heavy atom. The van der Waals surface area contributed by atoms with E-state index in [0.29, 0.717) is 15.8 Å².